The molecule has 0 unspecified atom stereocenters. The van der Waals surface area contributed by atoms with Gasteiger partial charge in [-0.15, -0.1) is 0 Å². The van der Waals surface area contributed by atoms with Crippen LogP contribution >= 0.6 is 0 Å². The van der Waals surface area contributed by atoms with Crippen LogP contribution in [0.15, 0.2) is 54.9 Å². The summed E-state index contributed by atoms with van der Waals surface area (Å²) in [6.07, 6.45) is 3.56. The molecule has 0 radical (unpaired) electrons. The van der Waals surface area contributed by atoms with E-state index in [1.807, 2.05) is 22.3 Å². The fraction of sp³-hybridized carbons (Fsp3) is 0.190. The van der Waals surface area contributed by atoms with Crippen LogP contribution in [0, 0.1) is 18.3 Å². The average molecular weight is 393 g/mol. The summed E-state index contributed by atoms with van der Waals surface area (Å²) < 4.78 is 34.2. The average Bonchev–Trinajstić information content (AvgIpc) is 3.26. The van der Waals surface area contributed by atoms with Crippen molar-refractivity contribution in [2.75, 3.05) is 0 Å². The van der Waals surface area contributed by atoms with E-state index in [4.69, 9.17) is 4.98 Å². The molecule has 146 valence electrons. The number of alkyl halides is 2. The molecule has 0 saturated carbocycles. The van der Waals surface area contributed by atoms with Crippen molar-refractivity contribution >= 4 is 11.0 Å². The number of hydrogen-bond donors (Lipinski definition) is 0. The Morgan fingerprint density at radius 3 is 2.72 bits per heavy atom. The van der Waals surface area contributed by atoms with E-state index in [-0.39, 0.29) is 12.3 Å². The number of ether oxygens (including phenoxy) is 1. The van der Waals surface area contributed by atoms with Crippen LogP contribution in [-0.2, 0) is 13.1 Å². The molecular formula is C21H17F2N5O. The molecule has 0 fully saturated rings. The Balaban J connectivity index is 1.82. The highest BCUT2D eigenvalue weighted by molar-refractivity contribution is 5.78. The van der Waals surface area contributed by atoms with Gasteiger partial charge in [-0.3, -0.25) is 0 Å². The van der Waals surface area contributed by atoms with E-state index >= 15 is 0 Å². The van der Waals surface area contributed by atoms with Crippen molar-refractivity contribution in [1.29, 1.82) is 5.26 Å². The van der Waals surface area contributed by atoms with Gasteiger partial charge < -0.3 is 13.9 Å². The van der Waals surface area contributed by atoms with E-state index in [9.17, 15) is 14.0 Å². The largest absolute Gasteiger partial charge is 0.434 e. The van der Waals surface area contributed by atoms with E-state index < -0.39 is 6.61 Å². The second kappa shape index (κ2) is 7.72. The molecule has 8 heteroatoms. The summed E-state index contributed by atoms with van der Waals surface area (Å²) in [4.78, 5) is 8.94. The summed E-state index contributed by atoms with van der Waals surface area (Å²) in [5, 5.41) is 9.28. The molecule has 2 aromatic heterocycles. The number of halogens is 2. The maximum absolute atomic E-state index is 12.8. The van der Waals surface area contributed by atoms with Crippen LogP contribution in [0.5, 0.6) is 5.75 Å². The Morgan fingerprint density at radius 2 is 2.00 bits per heavy atom. The molecule has 0 atom stereocenters. The van der Waals surface area contributed by atoms with Crippen molar-refractivity contribution < 1.29 is 13.5 Å². The topological polar surface area (TPSA) is 68.7 Å². The third-order valence-corrected chi connectivity index (χ3v) is 4.71. The predicted molar refractivity (Wildman–Crippen MR) is 103 cm³/mol. The van der Waals surface area contributed by atoms with Gasteiger partial charge in [-0.25, -0.2) is 9.97 Å². The van der Waals surface area contributed by atoms with Crippen molar-refractivity contribution in [1.82, 2.24) is 19.1 Å². The maximum Gasteiger partial charge on any atom is 0.387 e. The van der Waals surface area contributed by atoms with Crippen LogP contribution in [0.1, 0.15) is 22.8 Å². The van der Waals surface area contributed by atoms with Gasteiger partial charge in [0.25, 0.3) is 0 Å². The second-order valence-corrected chi connectivity index (χ2v) is 6.52. The molecule has 0 aliphatic rings. The number of benzene rings is 2. The van der Waals surface area contributed by atoms with E-state index in [0.717, 1.165) is 22.7 Å². The number of nitrogens with zero attached hydrogens (tertiary/aromatic N) is 5. The van der Waals surface area contributed by atoms with Gasteiger partial charge in [0.15, 0.2) is 0 Å². The molecule has 6 nitrogen and oxygen atoms in total. The van der Waals surface area contributed by atoms with Gasteiger partial charge in [-0.1, -0.05) is 18.2 Å². The number of imidazole rings is 2. The minimum absolute atomic E-state index is 0.116. The first-order chi connectivity index (χ1) is 14.0. The lowest BCUT2D eigenvalue weighted by Crippen LogP contribution is -2.12. The number of aromatic nitrogens is 4. The predicted octanol–water partition coefficient (Wildman–Crippen LogP) is 4.11. The zero-order chi connectivity index (χ0) is 20.4. The van der Waals surface area contributed by atoms with Crippen LogP contribution in [0.25, 0.3) is 11.0 Å². The molecule has 29 heavy (non-hydrogen) atoms. The van der Waals surface area contributed by atoms with Crippen LogP contribution in [0.4, 0.5) is 8.78 Å². The minimum Gasteiger partial charge on any atom is -0.434 e. The smallest absolute Gasteiger partial charge is 0.387 e. The Hall–Kier alpha value is -3.73. The number of para-hydroxylation sites is 1. The molecule has 0 amide bonds. The van der Waals surface area contributed by atoms with Gasteiger partial charge in [0.2, 0.25) is 0 Å². The normalized spacial score (nSPS) is 11.1. The molecule has 0 bridgehead atoms. The highest BCUT2D eigenvalue weighted by Crippen LogP contribution is 2.25. The van der Waals surface area contributed by atoms with E-state index in [1.165, 1.54) is 6.07 Å². The lowest BCUT2D eigenvalue weighted by molar-refractivity contribution is -0.0504. The first-order valence-corrected chi connectivity index (χ1v) is 8.95. The fourth-order valence-electron chi connectivity index (χ4n) is 3.28. The number of aryl methyl sites for hydroxylation is 1. The van der Waals surface area contributed by atoms with E-state index in [0.29, 0.717) is 17.7 Å². The molecule has 4 rings (SSSR count). The lowest BCUT2D eigenvalue weighted by Gasteiger charge is -2.14. The van der Waals surface area contributed by atoms with Gasteiger partial charge in [0.1, 0.15) is 17.4 Å². The maximum atomic E-state index is 12.8. The van der Waals surface area contributed by atoms with Gasteiger partial charge in [0.05, 0.1) is 35.8 Å². The number of hydrogen-bond acceptors (Lipinski definition) is 4. The third-order valence-electron chi connectivity index (χ3n) is 4.71. The highest BCUT2D eigenvalue weighted by Gasteiger charge is 2.16. The molecule has 0 aliphatic heterocycles. The number of rotatable bonds is 6. The molecule has 0 N–H and O–H groups in total. The van der Waals surface area contributed by atoms with Gasteiger partial charge >= 0.3 is 6.61 Å². The van der Waals surface area contributed by atoms with Crippen LogP contribution in [0.2, 0.25) is 0 Å². The van der Waals surface area contributed by atoms with Gasteiger partial charge in [-0.05, 0) is 31.2 Å². The Bertz CT molecular complexity index is 1210. The quantitative estimate of drug-likeness (QED) is 0.494. The summed E-state index contributed by atoms with van der Waals surface area (Å²) >= 11 is 0. The molecule has 0 saturated heterocycles. The standard InChI is InChI=1S/C21H17F2N5O/c1-14-25-8-9-27(14)13-20-26-17-7-6-15(11-24)10-18(17)28(20)12-16-4-2-3-5-19(16)29-21(22)23/h2-10,21H,12-13H2,1H3. The Kier molecular flexibility index (Phi) is 4.96. The number of nitriles is 1. The van der Waals surface area contributed by atoms with Crippen molar-refractivity contribution in [3.05, 3.63) is 77.6 Å². The van der Waals surface area contributed by atoms with Crippen LogP contribution in [0.3, 0.4) is 0 Å². The second-order valence-electron chi connectivity index (χ2n) is 6.52. The summed E-state index contributed by atoms with van der Waals surface area (Å²) in [5.74, 6) is 1.68. The van der Waals surface area contributed by atoms with E-state index in [1.54, 1.807) is 42.6 Å². The summed E-state index contributed by atoms with van der Waals surface area (Å²) in [5.41, 5.74) is 2.58. The fourth-order valence-corrected chi connectivity index (χ4v) is 3.28. The first-order valence-electron chi connectivity index (χ1n) is 8.95. The summed E-state index contributed by atoms with van der Waals surface area (Å²) in [7, 11) is 0. The zero-order valence-corrected chi connectivity index (χ0v) is 15.6. The van der Waals surface area contributed by atoms with E-state index in [2.05, 4.69) is 15.8 Å². The SMILES string of the molecule is Cc1nccn1Cc1nc2ccc(C#N)cc2n1Cc1ccccc1OC(F)F. The molecule has 0 aliphatic carbocycles. The van der Waals surface area contributed by atoms with Crippen molar-refractivity contribution in [2.24, 2.45) is 0 Å². The van der Waals surface area contributed by atoms with Gasteiger partial charge in [0, 0.05) is 18.0 Å². The Labute approximate surface area is 165 Å². The molecular weight excluding hydrogens is 376 g/mol. The summed E-state index contributed by atoms with van der Waals surface area (Å²) in [6, 6.07) is 14.1. The summed E-state index contributed by atoms with van der Waals surface area (Å²) in [6.45, 7) is -0.279. The van der Waals surface area contributed by atoms with Gasteiger partial charge in [-0.2, -0.15) is 14.0 Å². The number of fused-ring (bicyclic) bond motifs is 1. The molecule has 4 aromatic rings. The van der Waals surface area contributed by atoms with Crippen LogP contribution in [-0.4, -0.2) is 25.7 Å². The van der Waals surface area contributed by atoms with Crippen molar-refractivity contribution in [2.45, 2.75) is 26.6 Å². The van der Waals surface area contributed by atoms with Crippen molar-refractivity contribution in [3.63, 3.8) is 0 Å². The molecule has 2 heterocycles. The van der Waals surface area contributed by atoms with Crippen LogP contribution < -0.4 is 4.74 Å². The Morgan fingerprint density at radius 1 is 1.17 bits per heavy atom. The third kappa shape index (κ3) is 3.80. The first kappa shape index (κ1) is 18.6. The highest BCUT2D eigenvalue weighted by atomic mass is 19.3. The molecule has 0 spiro atoms. The minimum atomic E-state index is -2.91. The zero-order valence-electron chi connectivity index (χ0n) is 15.6. The lowest BCUT2D eigenvalue weighted by atomic mass is 10.2. The molecule has 2 aromatic carbocycles. The van der Waals surface area contributed by atoms with Crippen molar-refractivity contribution in [3.8, 4) is 11.8 Å². The monoisotopic (exact) mass is 393 g/mol.